The van der Waals surface area contributed by atoms with Gasteiger partial charge in [-0.15, -0.1) is 0 Å². The fraction of sp³-hybridized carbons (Fsp3) is 0.571. The van der Waals surface area contributed by atoms with Crippen LogP contribution in [0.2, 0.25) is 0 Å². The van der Waals surface area contributed by atoms with Crippen molar-refractivity contribution in [3.63, 3.8) is 0 Å². The van der Waals surface area contributed by atoms with Crippen molar-refractivity contribution in [1.82, 2.24) is 0 Å². The third-order valence-corrected chi connectivity index (χ3v) is 3.01. The normalized spacial score (nSPS) is 12.6. The molecule has 1 atom stereocenters. The van der Waals surface area contributed by atoms with Crippen LogP contribution in [0.4, 0.5) is 0 Å². The molecule has 0 aromatic heterocycles. The van der Waals surface area contributed by atoms with Crippen LogP contribution in [-0.4, -0.2) is 25.9 Å². The van der Waals surface area contributed by atoms with Gasteiger partial charge in [0.1, 0.15) is 11.5 Å². The van der Waals surface area contributed by atoms with Crippen LogP contribution in [0, 0.1) is 0 Å². The van der Waals surface area contributed by atoms with Gasteiger partial charge in [0.15, 0.2) is 0 Å². The highest BCUT2D eigenvalue weighted by molar-refractivity contribution is 5.49. The van der Waals surface area contributed by atoms with E-state index >= 15 is 0 Å². The topological polar surface area (TPSA) is 38.7 Å². The molecule has 3 nitrogen and oxygen atoms in total. The maximum atomic E-state index is 9.25. The highest BCUT2D eigenvalue weighted by Gasteiger charge is 2.17. The molecular formula is C14H22O3. The largest absolute Gasteiger partial charge is 0.496 e. The van der Waals surface area contributed by atoms with Crippen molar-refractivity contribution >= 4 is 0 Å². The zero-order valence-corrected chi connectivity index (χ0v) is 11.3. The van der Waals surface area contributed by atoms with E-state index in [0.29, 0.717) is 5.92 Å². The van der Waals surface area contributed by atoms with Crippen molar-refractivity contribution in [1.29, 1.82) is 0 Å². The van der Waals surface area contributed by atoms with Gasteiger partial charge in [0, 0.05) is 23.7 Å². The number of ether oxygens (including phenoxy) is 2. The summed E-state index contributed by atoms with van der Waals surface area (Å²) in [6, 6.07) is 3.97. The van der Waals surface area contributed by atoms with Crippen LogP contribution in [-0.2, 0) is 0 Å². The fourth-order valence-corrected chi connectivity index (χ4v) is 1.88. The lowest BCUT2D eigenvalue weighted by Gasteiger charge is -2.19. The van der Waals surface area contributed by atoms with Crippen LogP contribution < -0.4 is 9.47 Å². The van der Waals surface area contributed by atoms with E-state index in [1.54, 1.807) is 14.2 Å². The Bertz CT molecular complexity index is 372. The van der Waals surface area contributed by atoms with Gasteiger partial charge in [-0.05, 0) is 18.1 Å². The molecule has 0 spiro atoms. The first-order chi connectivity index (χ1) is 8.04. The van der Waals surface area contributed by atoms with E-state index in [1.807, 2.05) is 19.1 Å². The van der Waals surface area contributed by atoms with E-state index < -0.39 is 0 Å². The third-order valence-electron chi connectivity index (χ3n) is 3.01. The second kappa shape index (κ2) is 5.92. The quantitative estimate of drug-likeness (QED) is 0.857. The minimum Gasteiger partial charge on any atom is -0.496 e. The summed E-state index contributed by atoms with van der Waals surface area (Å²) in [6.45, 7) is 6.30. The van der Waals surface area contributed by atoms with Crippen LogP contribution in [0.3, 0.4) is 0 Å². The lowest BCUT2D eigenvalue weighted by molar-refractivity contribution is 0.269. The van der Waals surface area contributed by atoms with Crippen molar-refractivity contribution in [3.05, 3.63) is 23.3 Å². The molecule has 0 aliphatic carbocycles. The highest BCUT2D eigenvalue weighted by Crippen LogP contribution is 2.36. The zero-order chi connectivity index (χ0) is 13.0. The molecule has 1 unspecified atom stereocenters. The fourth-order valence-electron chi connectivity index (χ4n) is 1.88. The average Bonchev–Trinajstić information content (AvgIpc) is 2.35. The minimum atomic E-state index is 0.0417. The number of aliphatic hydroxyl groups is 1. The first kappa shape index (κ1) is 13.8. The summed E-state index contributed by atoms with van der Waals surface area (Å²) in [6.07, 6.45) is 0. The minimum absolute atomic E-state index is 0.0417. The Morgan fingerprint density at radius 2 is 1.47 bits per heavy atom. The Kier molecular flexibility index (Phi) is 4.82. The molecule has 17 heavy (non-hydrogen) atoms. The third kappa shape index (κ3) is 2.91. The smallest absolute Gasteiger partial charge is 0.122 e. The second-order valence-electron chi connectivity index (χ2n) is 4.57. The summed E-state index contributed by atoms with van der Waals surface area (Å²) >= 11 is 0. The van der Waals surface area contributed by atoms with Crippen molar-refractivity contribution in [2.45, 2.75) is 32.6 Å². The first-order valence-corrected chi connectivity index (χ1v) is 5.91. The van der Waals surface area contributed by atoms with Gasteiger partial charge >= 0.3 is 0 Å². The number of benzene rings is 1. The summed E-state index contributed by atoms with van der Waals surface area (Å²) in [5.41, 5.74) is 2.11. The molecule has 0 radical (unpaired) electrons. The van der Waals surface area contributed by atoms with E-state index in [-0.39, 0.29) is 12.5 Å². The number of aliphatic hydroxyl groups excluding tert-OH is 1. The molecule has 0 heterocycles. The van der Waals surface area contributed by atoms with Crippen LogP contribution in [0.5, 0.6) is 11.5 Å². The molecule has 0 aliphatic rings. The Hall–Kier alpha value is -1.22. The van der Waals surface area contributed by atoms with Gasteiger partial charge in [-0.3, -0.25) is 0 Å². The summed E-state index contributed by atoms with van der Waals surface area (Å²) in [5.74, 6) is 2.09. The van der Waals surface area contributed by atoms with Crippen molar-refractivity contribution in [2.75, 3.05) is 20.8 Å². The Morgan fingerprint density at radius 1 is 1.00 bits per heavy atom. The summed E-state index contributed by atoms with van der Waals surface area (Å²) in [7, 11) is 3.32. The lowest BCUT2D eigenvalue weighted by atomic mass is 9.94. The molecule has 1 aromatic carbocycles. The predicted molar refractivity (Wildman–Crippen MR) is 69.1 cm³/mol. The van der Waals surface area contributed by atoms with Crippen molar-refractivity contribution < 1.29 is 14.6 Å². The number of hydrogen-bond donors (Lipinski definition) is 1. The number of hydrogen-bond acceptors (Lipinski definition) is 3. The van der Waals surface area contributed by atoms with Gasteiger partial charge < -0.3 is 14.6 Å². The Morgan fingerprint density at radius 3 is 1.88 bits per heavy atom. The highest BCUT2D eigenvalue weighted by atomic mass is 16.5. The summed E-state index contributed by atoms with van der Waals surface area (Å²) in [4.78, 5) is 0. The van der Waals surface area contributed by atoms with Gasteiger partial charge in [0.05, 0.1) is 14.2 Å². The number of rotatable bonds is 5. The lowest BCUT2D eigenvalue weighted by Crippen LogP contribution is -2.05. The van der Waals surface area contributed by atoms with Gasteiger partial charge in [-0.25, -0.2) is 0 Å². The molecule has 0 saturated carbocycles. The Labute approximate surface area is 103 Å². The van der Waals surface area contributed by atoms with Gasteiger partial charge in [0.2, 0.25) is 0 Å². The average molecular weight is 238 g/mol. The molecule has 1 N–H and O–H groups in total. The van der Waals surface area contributed by atoms with E-state index in [2.05, 4.69) is 13.8 Å². The number of methoxy groups -OCH3 is 2. The molecule has 0 fully saturated rings. The molecule has 1 aromatic rings. The van der Waals surface area contributed by atoms with E-state index in [9.17, 15) is 5.11 Å². The van der Waals surface area contributed by atoms with Crippen LogP contribution in [0.15, 0.2) is 12.1 Å². The van der Waals surface area contributed by atoms with E-state index in [1.165, 1.54) is 0 Å². The molecule has 3 heteroatoms. The molecular weight excluding hydrogens is 216 g/mol. The first-order valence-electron chi connectivity index (χ1n) is 5.91. The van der Waals surface area contributed by atoms with Crippen LogP contribution >= 0.6 is 0 Å². The molecule has 1 rings (SSSR count). The SMILES string of the molecule is COc1cc(C(C)CO)c(OC)cc1C(C)C. The zero-order valence-electron chi connectivity index (χ0n) is 11.3. The Balaban J connectivity index is 3.32. The van der Waals surface area contributed by atoms with Crippen molar-refractivity contribution in [2.24, 2.45) is 0 Å². The summed E-state index contributed by atoms with van der Waals surface area (Å²) < 4.78 is 10.8. The van der Waals surface area contributed by atoms with Crippen molar-refractivity contribution in [3.8, 4) is 11.5 Å². The molecule has 0 saturated heterocycles. The van der Waals surface area contributed by atoms with Gasteiger partial charge in [-0.1, -0.05) is 20.8 Å². The van der Waals surface area contributed by atoms with Crippen LogP contribution in [0.25, 0.3) is 0 Å². The molecule has 0 aliphatic heterocycles. The second-order valence-corrected chi connectivity index (χ2v) is 4.57. The molecule has 0 bridgehead atoms. The monoisotopic (exact) mass is 238 g/mol. The predicted octanol–water partition coefficient (Wildman–Crippen LogP) is 2.92. The standard InChI is InChI=1S/C14H22O3/c1-9(2)11-6-14(17-5)12(10(3)8-15)7-13(11)16-4/h6-7,9-10,15H,8H2,1-5H3. The maximum Gasteiger partial charge on any atom is 0.122 e. The molecule has 0 amide bonds. The van der Waals surface area contributed by atoms with Gasteiger partial charge in [-0.2, -0.15) is 0 Å². The van der Waals surface area contributed by atoms with Crippen LogP contribution in [0.1, 0.15) is 43.7 Å². The van der Waals surface area contributed by atoms with Gasteiger partial charge in [0.25, 0.3) is 0 Å². The maximum absolute atomic E-state index is 9.25. The summed E-state index contributed by atoms with van der Waals surface area (Å²) in [5, 5.41) is 9.25. The van der Waals surface area contributed by atoms with E-state index in [4.69, 9.17) is 9.47 Å². The van der Waals surface area contributed by atoms with E-state index in [0.717, 1.165) is 22.6 Å². The molecule has 96 valence electrons.